The van der Waals surface area contributed by atoms with Crippen LogP contribution in [0.4, 0.5) is 23.9 Å². The zero-order valence-corrected chi connectivity index (χ0v) is 16.0. The Morgan fingerprint density at radius 2 is 1.74 bits per heavy atom. The van der Waals surface area contributed by atoms with Crippen LogP contribution >= 0.6 is 0 Å². The first-order valence-electron chi connectivity index (χ1n) is 8.58. The van der Waals surface area contributed by atoms with Crippen molar-refractivity contribution in [3.8, 4) is 0 Å². The van der Waals surface area contributed by atoms with Crippen LogP contribution < -0.4 is 4.90 Å². The van der Waals surface area contributed by atoms with Crippen LogP contribution in [-0.2, 0) is 10.3 Å². The zero-order chi connectivity index (χ0) is 20.6. The molecule has 1 N–H and O–H groups in total. The summed E-state index contributed by atoms with van der Waals surface area (Å²) in [4.78, 5) is 23.5. The number of rotatable bonds is 2. The van der Waals surface area contributed by atoms with E-state index in [1.54, 1.807) is 30.6 Å². The lowest BCUT2D eigenvalue weighted by Crippen LogP contribution is -2.55. The molecule has 0 aromatic carbocycles. The van der Waals surface area contributed by atoms with Crippen molar-refractivity contribution in [1.82, 2.24) is 14.9 Å². The van der Waals surface area contributed by atoms with Gasteiger partial charge in [0.15, 0.2) is 5.60 Å². The second kappa shape index (κ2) is 7.14. The summed E-state index contributed by atoms with van der Waals surface area (Å²) < 4.78 is 44.1. The summed E-state index contributed by atoms with van der Waals surface area (Å²) in [7, 11) is 0. The molecule has 0 saturated carbocycles. The molecule has 1 fully saturated rings. The summed E-state index contributed by atoms with van der Waals surface area (Å²) in [6, 6.07) is -0.153. The van der Waals surface area contributed by atoms with E-state index in [2.05, 4.69) is 9.97 Å². The van der Waals surface area contributed by atoms with Crippen LogP contribution in [-0.4, -0.2) is 63.5 Å². The van der Waals surface area contributed by atoms with E-state index in [-0.39, 0.29) is 12.0 Å². The Balaban J connectivity index is 2.07. The molecule has 10 heteroatoms. The van der Waals surface area contributed by atoms with E-state index in [0.717, 1.165) is 12.4 Å². The van der Waals surface area contributed by atoms with Crippen LogP contribution in [0.1, 0.15) is 40.2 Å². The average Bonchev–Trinajstić information content (AvgIpc) is 2.52. The Labute approximate surface area is 156 Å². The summed E-state index contributed by atoms with van der Waals surface area (Å²) in [6.45, 7) is 9.05. The normalized spacial score (nSPS) is 21.0. The largest absolute Gasteiger partial charge is 0.444 e. The number of carbonyl (C=O) groups excluding carboxylic acids is 1. The molecule has 0 radical (unpaired) electrons. The summed E-state index contributed by atoms with van der Waals surface area (Å²) in [6.07, 6.45) is -3.29. The summed E-state index contributed by atoms with van der Waals surface area (Å²) >= 11 is 0. The van der Waals surface area contributed by atoms with Crippen molar-refractivity contribution in [2.45, 2.75) is 58.0 Å². The third-order valence-electron chi connectivity index (χ3n) is 4.29. The van der Waals surface area contributed by atoms with Gasteiger partial charge in [0.2, 0.25) is 5.95 Å². The molecule has 1 unspecified atom stereocenters. The summed E-state index contributed by atoms with van der Waals surface area (Å²) in [5.74, 6) is 0.244. The SMILES string of the molecule is C[C@H]1CN(C(=O)OC(C)(C)C)CCN1c1ncc(C(C)(O)C(F)(F)F)cn1. The van der Waals surface area contributed by atoms with Gasteiger partial charge in [-0.1, -0.05) is 0 Å². The molecule has 1 aromatic heterocycles. The average molecular weight is 390 g/mol. The Morgan fingerprint density at radius 3 is 2.19 bits per heavy atom. The van der Waals surface area contributed by atoms with E-state index in [9.17, 15) is 23.1 Å². The first kappa shape index (κ1) is 21.2. The quantitative estimate of drug-likeness (QED) is 0.837. The van der Waals surface area contributed by atoms with Gasteiger partial charge in [0, 0.05) is 43.6 Å². The third kappa shape index (κ3) is 4.79. The Kier molecular flexibility index (Phi) is 5.61. The fraction of sp³-hybridized carbons (Fsp3) is 0.706. The molecular weight excluding hydrogens is 365 g/mol. The number of hydrogen-bond acceptors (Lipinski definition) is 6. The van der Waals surface area contributed by atoms with Crippen molar-refractivity contribution >= 4 is 12.0 Å². The fourth-order valence-electron chi connectivity index (χ4n) is 2.63. The molecule has 7 nitrogen and oxygen atoms in total. The van der Waals surface area contributed by atoms with Gasteiger partial charge in [-0.15, -0.1) is 0 Å². The third-order valence-corrected chi connectivity index (χ3v) is 4.29. The molecule has 2 rings (SSSR count). The first-order valence-corrected chi connectivity index (χ1v) is 8.58. The van der Waals surface area contributed by atoms with E-state index in [1.165, 1.54) is 0 Å². The van der Waals surface area contributed by atoms with Crippen LogP contribution in [0.15, 0.2) is 12.4 Å². The second-order valence-corrected chi connectivity index (χ2v) is 7.81. The van der Waals surface area contributed by atoms with Gasteiger partial charge >= 0.3 is 12.3 Å². The molecular formula is C17H25F3N4O3. The van der Waals surface area contributed by atoms with E-state index >= 15 is 0 Å². The smallest absolute Gasteiger partial charge is 0.421 e. The van der Waals surface area contributed by atoms with E-state index in [0.29, 0.717) is 26.6 Å². The molecule has 1 saturated heterocycles. The minimum absolute atomic E-state index is 0.153. The Hall–Kier alpha value is -2.10. The van der Waals surface area contributed by atoms with Crippen LogP contribution in [0.3, 0.4) is 0 Å². The number of aromatic nitrogens is 2. The maximum absolute atomic E-state index is 12.9. The van der Waals surface area contributed by atoms with Gasteiger partial charge in [-0.05, 0) is 34.6 Å². The fourth-order valence-corrected chi connectivity index (χ4v) is 2.63. The van der Waals surface area contributed by atoms with Crippen LogP contribution in [0.2, 0.25) is 0 Å². The number of hydrogen-bond donors (Lipinski definition) is 1. The molecule has 27 heavy (non-hydrogen) atoms. The van der Waals surface area contributed by atoms with Crippen LogP contribution in [0.25, 0.3) is 0 Å². The molecule has 2 heterocycles. The van der Waals surface area contributed by atoms with Crippen molar-refractivity contribution in [3.05, 3.63) is 18.0 Å². The van der Waals surface area contributed by atoms with Gasteiger partial charge in [0.1, 0.15) is 5.60 Å². The Morgan fingerprint density at radius 1 is 1.19 bits per heavy atom. The van der Waals surface area contributed by atoms with E-state index in [1.807, 2.05) is 6.92 Å². The molecule has 1 aromatic rings. The number of piperazine rings is 1. The van der Waals surface area contributed by atoms with Crippen LogP contribution in [0.5, 0.6) is 0 Å². The van der Waals surface area contributed by atoms with Crippen molar-refractivity contribution in [3.63, 3.8) is 0 Å². The molecule has 1 aliphatic heterocycles. The second-order valence-electron chi connectivity index (χ2n) is 7.81. The van der Waals surface area contributed by atoms with Gasteiger partial charge in [-0.3, -0.25) is 0 Å². The van der Waals surface area contributed by atoms with Crippen molar-refractivity contribution in [2.75, 3.05) is 24.5 Å². The predicted molar refractivity (Wildman–Crippen MR) is 92.3 cm³/mol. The topological polar surface area (TPSA) is 78.8 Å². The highest BCUT2D eigenvalue weighted by molar-refractivity contribution is 5.68. The highest BCUT2D eigenvalue weighted by Gasteiger charge is 2.51. The minimum atomic E-state index is -4.83. The number of amides is 1. The van der Waals surface area contributed by atoms with Crippen molar-refractivity contribution in [2.24, 2.45) is 0 Å². The van der Waals surface area contributed by atoms with Gasteiger partial charge in [0.25, 0.3) is 0 Å². The molecule has 1 amide bonds. The summed E-state index contributed by atoms with van der Waals surface area (Å²) in [5, 5.41) is 9.69. The Bertz CT molecular complexity index is 671. The molecule has 1 aliphatic rings. The number of nitrogens with zero attached hydrogens (tertiary/aromatic N) is 4. The number of halogens is 3. The van der Waals surface area contributed by atoms with E-state index < -0.39 is 29.0 Å². The molecule has 152 valence electrons. The predicted octanol–water partition coefficient (Wildman–Crippen LogP) is 2.69. The number of aliphatic hydroxyl groups is 1. The lowest BCUT2D eigenvalue weighted by Gasteiger charge is -2.40. The number of alkyl halides is 3. The van der Waals surface area contributed by atoms with Gasteiger partial charge in [-0.2, -0.15) is 13.2 Å². The van der Waals surface area contributed by atoms with Crippen molar-refractivity contribution < 1.29 is 27.8 Å². The summed E-state index contributed by atoms with van der Waals surface area (Å²) in [5.41, 5.74) is -4.04. The monoisotopic (exact) mass is 390 g/mol. The lowest BCUT2D eigenvalue weighted by atomic mass is 9.99. The molecule has 0 bridgehead atoms. The number of carbonyl (C=O) groups is 1. The van der Waals surface area contributed by atoms with Crippen molar-refractivity contribution in [1.29, 1.82) is 0 Å². The highest BCUT2D eigenvalue weighted by atomic mass is 19.4. The van der Waals surface area contributed by atoms with Gasteiger partial charge < -0.3 is 19.6 Å². The highest BCUT2D eigenvalue weighted by Crippen LogP contribution is 2.38. The number of ether oxygens (including phenoxy) is 1. The minimum Gasteiger partial charge on any atom is -0.444 e. The zero-order valence-electron chi connectivity index (χ0n) is 16.0. The van der Waals surface area contributed by atoms with E-state index in [4.69, 9.17) is 4.74 Å². The molecule has 0 spiro atoms. The maximum Gasteiger partial charge on any atom is 0.421 e. The van der Waals surface area contributed by atoms with Gasteiger partial charge in [-0.25, -0.2) is 14.8 Å². The van der Waals surface area contributed by atoms with Gasteiger partial charge in [0.05, 0.1) is 0 Å². The first-order chi connectivity index (χ1) is 12.2. The molecule has 0 aliphatic carbocycles. The lowest BCUT2D eigenvalue weighted by molar-refractivity contribution is -0.259. The maximum atomic E-state index is 12.9. The van der Waals surface area contributed by atoms with Crippen LogP contribution in [0, 0.1) is 0 Å². The number of anilines is 1. The standard InChI is InChI=1S/C17H25F3N4O3/c1-11-10-23(14(25)27-15(2,3)4)6-7-24(11)13-21-8-12(9-22-13)16(5,26)17(18,19)20/h8-9,11,26H,6-7,10H2,1-5H3/t11-,16?/m0/s1. The molecule has 2 atom stereocenters.